The summed E-state index contributed by atoms with van der Waals surface area (Å²) in [5.74, 6) is 0.278. The van der Waals surface area contributed by atoms with E-state index in [4.69, 9.17) is 20.8 Å². The van der Waals surface area contributed by atoms with Gasteiger partial charge < -0.3 is 14.1 Å². The van der Waals surface area contributed by atoms with E-state index in [1.807, 2.05) is 30.3 Å². The Hall–Kier alpha value is -2.83. The average molecular weight is 413 g/mol. The van der Waals surface area contributed by atoms with Gasteiger partial charge in [0.15, 0.2) is 6.61 Å². The second-order valence-electron chi connectivity index (χ2n) is 7.00. The Morgan fingerprint density at radius 3 is 2.52 bits per heavy atom. The maximum Gasteiger partial charge on any atom is 0.339 e. The first-order valence-electron chi connectivity index (χ1n) is 9.49. The molecule has 3 aromatic rings. The van der Waals surface area contributed by atoms with Crippen molar-refractivity contribution in [3.05, 3.63) is 75.6 Å². The maximum absolute atomic E-state index is 12.6. The third-order valence-electron chi connectivity index (χ3n) is 5.01. The van der Waals surface area contributed by atoms with Crippen molar-refractivity contribution in [3.8, 4) is 5.75 Å². The van der Waals surface area contributed by atoms with Crippen LogP contribution in [0.25, 0.3) is 11.0 Å². The first-order chi connectivity index (χ1) is 14.1. The van der Waals surface area contributed by atoms with Crippen LogP contribution in [0, 0.1) is 0 Å². The first-order valence-corrected chi connectivity index (χ1v) is 9.86. The number of carbonyl (C=O) groups is 1. The van der Waals surface area contributed by atoms with Gasteiger partial charge in [-0.15, -0.1) is 0 Å². The maximum atomic E-state index is 12.6. The summed E-state index contributed by atoms with van der Waals surface area (Å²) in [5.41, 5.74) is 1.15. The van der Waals surface area contributed by atoms with Crippen LogP contribution >= 0.6 is 11.6 Å². The molecule has 0 bridgehead atoms. The minimum absolute atomic E-state index is 0.0894. The lowest BCUT2D eigenvalue weighted by Crippen LogP contribution is -2.49. The molecule has 0 aliphatic carbocycles. The van der Waals surface area contributed by atoms with Crippen molar-refractivity contribution in [2.45, 2.75) is 6.54 Å². The van der Waals surface area contributed by atoms with E-state index in [-0.39, 0.29) is 12.5 Å². The highest BCUT2D eigenvalue weighted by molar-refractivity contribution is 6.30. The van der Waals surface area contributed by atoms with Gasteiger partial charge in [0.2, 0.25) is 0 Å². The highest BCUT2D eigenvalue weighted by Gasteiger charge is 2.22. The Morgan fingerprint density at radius 2 is 1.76 bits per heavy atom. The fraction of sp³-hybridized carbons (Fsp3) is 0.273. The van der Waals surface area contributed by atoms with E-state index in [1.54, 1.807) is 23.1 Å². The highest BCUT2D eigenvalue weighted by Crippen LogP contribution is 2.23. The molecule has 1 aliphatic heterocycles. The summed E-state index contributed by atoms with van der Waals surface area (Å²) < 4.78 is 10.8. The van der Waals surface area contributed by atoms with Crippen LogP contribution in [-0.2, 0) is 11.3 Å². The number of piperazine rings is 1. The molecule has 0 radical (unpaired) electrons. The molecule has 29 heavy (non-hydrogen) atoms. The van der Waals surface area contributed by atoms with Crippen molar-refractivity contribution in [2.75, 3.05) is 32.8 Å². The number of nitrogens with zero attached hydrogens (tertiary/aromatic N) is 2. The van der Waals surface area contributed by atoms with E-state index in [1.165, 1.54) is 11.6 Å². The van der Waals surface area contributed by atoms with E-state index in [2.05, 4.69) is 4.90 Å². The Balaban J connectivity index is 1.31. The number of hydrogen-bond donors (Lipinski definition) is 0. The Bertz CT molecular complexity index is 1060. The number of halogens is 1. The van der Waals surface area contributed by atoms with Crippen LogP contribution in [0.2, 0.25) is 5.02 Å². The molecule has 2 heterocycles. The van der Waals surface area contributed by atoms with Crippen molar-refractivity contribution in [1.82, 2.24) is 9.80 Å². The fourth-order valence-corrected chi connectivity index (χ4v) is 3.56. The van der Waals surface area contributed by atoms with E-state index < -0.39 is 5.63 Å². The van der Waals surface area contributed by atoms with Crippen molar-refractivity contribution >= 4 is 28.5 Å². The predicted molar refractivity (Wildman–Crippen MR) is 111 cm³/mol. The SMILES string of the molecule is O=C(COc1cc(=O)oc2ccccc12)N1CCN(Cc2ccc(Cl)cc2)CC1. The highest BCUT2D eigenvalue weighted by atomic mass is 35.5. The van der Waals surface area contributed by atoms with Gasteiger partial charge in [0, 0.05) is 37.7 Å². The van der Waals surface area contributed by atoms with Crippen LogP contribution in [-0.4, -0.2) is 48.5 Å². The smallest absolute Gasteiger partial charge is 0.339 e. The molecule has 1 aliphatic rings. The third-order valence-corrected chi connectivity index (χ3v) is 5.26. The largest absolute Gasteiger partial charge is 0.483 e. The average Bonchev–Trinajstić information content (AvgIpc) is 2.74. The first kappa shape index (κ1) is 19.5. The second kappa shape index (κ2) is 8.68. The number of benzene rings is 2. The molecule has 7 heteroatoms. The zero-order valence-corrected chi connectivity index (χ0v) is 16.6. The van der Waals surface area contributed by atoms with Gasteiger partial charge in [0.05, 0.1) is 11.5 Å². The molecule has 6 nitrogen and oxygen atoms in total. The Morgan fingerprint density at radius 1 is 1.03 bits per heavy atom. The number of rotatable bonds is 5. The Labute approximate surface area is 173 Å². The molecule has 1 aromatic heterocycles. The summed E-state index contributed by atoms with van der Waals surface area (Å²) in [6.07, 6.45) is 0. The summed E-state index contributed by atoms with van der Waals surface area (Å²) in [7, 11) is 0. The van der Waals surface area contributed by atoms with Crippen LogP contribution in [0.1, 0.15) is 5.56 Å². The number of hydrogen-bond acceptors (Lipinski definition) is 5. The van der Waals surface area contributed by atoms with Crippen LogP contribution < -0.4 is 10.4 Å². The molecular weight excluding hydrogens is 392 g/mol. The molecular formula is C22H21ClN2O4. The summed E-state index contributed by atoms with van der Waals surface area (Å²) in [5, 5.41) is 1.40. The van der Waals surface area contributed by atoms with E-state index >= 15 is 0 Å². The van der Waals surface area contributed by atoms with Gasteiger partial charge in [-0.05, 0) is 29.8 Å². The molecule has 1 saturated heterocycles. The summed E-state index contributed by atoms with van der Waals surface area (Å²) >= 11 is 5.93. The molecule has 150 valence electrons. The minimum atomic E-state index is -0.498. The standard InChI is InChI=1S/C22H21ClN2O4/c23-17-7-5-16(6-8-17)14-24-9-11-25(12-10-24)21(26)15-28-20-13-22(27)29-19-4-2-1-3-18(19)20/h1-8,13H,9-12,14-15H2. The van der Waals surface area contributed by atoms with Gasteiger partial charge in [-0.25, -0.2) is 4.79 Å². The van der Waals surface area contributed by atoms with Gasteiger partial charge >= 0.3 is 5.63 Å². The van der Waals surface area contributed by atoms with Crippen LogP contribution in [0.4, 0.5) is 0 Å². The van der Waals surface area contributed by atoms with Crippen molar-refractivity contribution in [3.63, 3.8) is 0 Å². The third kappa shape index (κ3) is 4.78. The lowest BCUT2D eigenvalue weighted by atomic mass is 10.2. The summed E-state index contributed by atoms with van der Waals surface area (Å²) in [4.78, 5) is 28.4. The van der Waals surface area contributed by atoms with E-state index in [0.717, 1.165) is 24.7 Å². The number of fused-ring (bicyclic) bond motifs is 1. The van der Waals surface area contributed by atoms with Crippen molar-refractivity contribution < 1.29 is 13.9 Å². The summed E-state index contributed by atoms with van der Waals surface area (Å²) in [6, 6.07) is 16.2. The van der Waals surface area contributed by atoms with Gasteiger partial charge in [0.25, 0.3) is 5.91 Å². The van der Waals surface area contributed by atoms with Crippen molar-refractivity contribution in [2.24, 2.45) is 0 Å². The summed E-state index contributed by atoms with van der Waals surface area (Å²) in [6.45, 7) is 3.62. The quantitative estimate of drug-likeness (QED) is 0.602. The molecule has 0 saturated carbocycles. The number of carbonyl (C=O) groups excluding carboxylic acids is 1. The van der Waals surface area contributed by atoms with Crippen LogP contribution in [0.3, 0.4) is 0 Å². The molecule has 0 unspecified atom stereocenters. The van der Waals surface area contributed by atoms with Crippen molar-refractivity contribution in [1.29, 1.82) is 0 Å². The Kier molecular flexibility index (Phi) is 5.83. The number of amides is 1. The lowest BCUT2D eigenvalue weighted by Gasteiger charge is -2.34. The predicted octanol–water partition coefficient (Wildman–Crippen LogP) is 3.17. The topological polar surface area (TPSA) is 63.0 Å². The normalized spacial score (nSPS) is 14.9. The van der Waals surface area contributed by atoms with Crippen LogP contribution in [0.5, 0.6) is 5.75 Å². The monoisotopic (exact) mass is 412 g/mol. The van der Waals surface area contributed by atoms with Gasteiger partial charge in [-0.2, -0.15) is 0 Å². The minimum Gasteiger partial charge on any atom is -0.483 e. The molecule has 2 aromatic carbocycles. The van der Waals surface area contributed by atoms with E-state index in [9.17, 15) is 9.59 Å². The number of ether oxygens (including phenoxy) is 1. The zero-order chi connectivity index (χ0) is 20.2. The zero-order valence-electron chi connectivity index (χ0n) is 15.8. The van der Waals surface area contributed by atoms with Gasteiger partial charge in [-0.1, -0.05) is 35.9 Å². The fourth-order valence-electron chi connectivity index (χ4n) is 3.44. The van der Waals surface area contributed by atoms with Crippen LogP contribution in [0.15, 0.2) is 63.8 Å². The lowest BCUT2D eigenvalue weighted by molar-refractivity contribution is -0.135. The van der Waals surface area contributed by atoms with Gasteiger partial charge in [0.1, 0.15) is 11.3 Å². The van der Waals surface area contributed by atoms with Gasteiger partial charge in [-0.3, -0.25) is 9.69 Å². The second-order valence-corrected chi connectivity index (χ2v) is 7.43. The molecule has 0 N–H and O–H groups in total. The molecule has 1 amide bonds. The molecule has 0 spiro atoms. The molecule has 0 atom stereocenters. The molecule has 4 rings (SSSR count). The van der Waals surface area contributed by atoms with E-state index in [0.29, 0.717) is 29.8 Å². The molecule has 1 fully saturated rings. The number of para-hydroxylation sites is 1.